The summed E-state index contributed by atoms with van der Waals surface area (Å²) in [6, 6.07) is 0. The lowest BCUT2D eigenvalue weighted by atomic mass is 9.95. The molecule has 2 heteroatoms. The Labute approximate surface area is 184 Å². The second kappa shape index (κ2) is 22.2. The minimum absolute atomic E-state index is 0.0404. The molecular weight excluding hydrogens is 356 g/mol. The normalized spacial score (nSPS) is 13.4. The number of ether oxygens (including phenoxy) is 1. The fraction of sp³-hybridized carbons (Fsp3) is 0.963. The Bertz CT molecular complexity index is 339. The quantitative estimate of drug-likeness (QED) is 0.131. The minimum atomic E-state index is 0.0404. The first-order valence-electron chi connectivity index (χ1n) is 13.3. The van der Waals surface area contributed by atoms with Crippen molar-refractivity contribution >= 4 is 5.97 Å². The molecule has 0 bridgehead atoms. The molecule has 2 unspecified atom stereocenters. The van der Waals surface area contributed by atoms with Crippen molar-refractivity contribution in [2.45, 2.75) is 150 Å². The average Bonchev–Trinajstić information content (AvgIpc) is 2.73. The van der Waals surface area contributed by atoms with Crippen LogP contribution in [-0.4, -0.2) is 12.6 Å². The van der Waals surface area contributed by atoms with E-state index in [-0.39, 0.29) is 11.9 Å². The minimum Gasteiger partial charge on any atom is -0.465 e. The van der Waals surface area contributed by atoms with Gasteiger partial charge in [0.1, 0.15) is 0 Å². The second-order valence-corrected chi connectivity index (χ2v) is 9.36. The lowest BCUT2D eigenvalue weighted by molar-refractivity contribution is -0.149. The van der Waals surface area contributed by atoms with Gasteiger partial charge < -0.3 is 4.74 Å². The maximum absolute atomic E-state index is 12.4. The van der Waals surface area contributed by atoms with Crippen molar-refractivity contribution in [3.63, 3.8) is 0 Å². The van der Waals surface area contributed by atoms with E-state index < -0.39 is 0 Å². The smallest absolute Gasteiger partial charge is 0.308 e. The van der Waals surface area contributed by atoms with Gasteiger partial charge in [-0.2, -0.15) is 0 Å². The number of hydrogen-bond donors (Lipinski definition) is 0. The Morgan fingerprint density at radius 1 is 0.586 bits per heavy atom. The predicted octanol–water partition coefficient (Wildman–Crippen LogP) is 9.25. The Morgan fingerprint density at radius 2 is 0.966 bits per heavy atom. The third kappa shape index (κ3) is 19.2. The summed E-state index contributed by atoms with van der Waals surface area (Å²) in [4.78, 5) is 12.4. The summed E-state index contributed by atoms with van der Waals surface area (Å²) in [5.41, 5.74) is 0. The molecule has 0 fully saturated rings. The van der Waals surface area contributed by atoms with E-state index in [4.69, 9.17) is 4.74 Å². The van der Waals surface area contributed by atoms with Gasteiger partial charge in [0.05, 0.1) is 12.5 Å². The largest absolute Gasteiger partial charge is 0.465 e. The van der Waals surface area contributed by atoms with Gasteiger partial charge in [-0.15, -0.1) is 0 Å². The molecular formula is C27H54O2. The fourth-order valence-electron chi connectivity index (χ4n) is 4.08. The van der Waals surface area contributed by atoms with Crippen LogP contribution in [0.5, 0.6) is 0 Å². The molecule has 0 aromatic carbocycles. The van der Waals surface area contributed by atoms with E-state index in [1.807, 2.05) is 0 Å². The number of esters is 1. The molecule has 0 aliphatic heterocycles. The summed E-state index contributed by atoms with van der Waals surface area (Å²) in [6.07, 6.45) is 24.5. The predicted molar refractivity (Wildman–Crippen MR) is 128 cm³/mol. The van der Waals surface area contributed by atoms with Crippen molar-refractivity contribution in [3.8, 4) is 0 Å². The molecule has 0 saturated carbocycles. The summed E-state index contributed by atoms with van der Waals surface area (Å²) in [5, 5.41) is 0. The molecule has 2 nitrogen and oxygen atoms in total. The monoisotopic (exact) mass is 410 g/mol. The van der Waals surface area contributed by atoms with E-state index in [1.54, 1.807) is 0 Å². The lowest BCUT2D eigenvalue weighted by Crippen LogP contribution is -2.19. The molecule has 0 aromatic heterocycles. The van der Waals surface area contributed by atoms with E-state index >= 15 is 0 Å². The zero-order chi connectivity index (χ0) is 21.6. The van der Waals surface area contributed by atoms with Crippen molar-refractivity contribution in [1.82, 2.24) is 0 Å². The summed E-state index contributed by atoms with van der Waals surface area (Å²) in [6.45, 7) is 9.49. The highest BCUT2D eigenvalue weighted by molar-refractivity contribution is 5.71. The van der Waals surface area contributed by atoms with E-state index in [0.29, 0.717) is 12.5 Å². The van der Waals surface area contributed by atoms with Crippen molar-refractivity contribution < 1.29 is 9.53 Å². The molecule has 0 aliphatic carbocycles. The van der Waals surface area contributed by atoms with Gasteiger partial charge in [0, 0.05) is 0 Å². The van der Waals surface area contributed by atoms with Crippen LogP contribution < -0.4 is 0 Å². The third-order valence-corrected chi connectivity index (χ3v) is 6.29. The molecule has 2 atom stereocenters. The fourth-order valence-corrected chi connectivity index (χ4v) is 4.08. The van der Waals surface area contributed by atoms with E-state index in [0.717, 1.165) is 6.42 Å². The van der Waals surface area contributed by atoms with E-state index in [2.05, 4.69) is 27.7 Å². The molecule has 0 aliphatic rings. The first-order chi connectivity index (χ1) is 14.2. The standard InChI is InChI=1S/C27H54O2/c1-5-8-11-13-14-15-16-17-19-21-25(4)27(28)29-24-26(22-18-10-7-3)23-20-12-9-6-2/h25-26H,5-24H2,1-4H3. The second-order valence-electron chi connectivity index (χ2n) is 9.36. The van der Waals surface area contributed by atoms with Gasteiger partial charge in [0.2, 0.25) is 0 Å². The molecule has 0 rings (SSSR count). The van der Waals surface area contributed by atoms with Gasteiger partial charge in [0.25, 0.3) is 0 Å². The van der Waals surface area contributed by atoms with Crippen LogP contribution in [0.15, 0.2) is 0 Å². The Kier molecular flexibility index (Phi) is 21.8. The number of rotatable bonds is 22. The van der Waals surface area contributed by atoms with Crippen LogP contribution in [0.2, 0.25) is 0 Å². The van der Waals surface area contributed by atoms with Crippen molar-refractivity contribution in [2.75, 3.05) is 6.61 Å². The van der Waals surface area contributed by atoms with Crippen LogP contribution in [-0.2, 0) is 9.53 Å². The number of unbranched alkanes of at least 4 members (excludes halogenated alkanes) is 13. The maximum atomic E-state index is 12.4. The Hall–Kier alpha value is -0.530. The van der Waals surface area contributed by atoms with Crippen LogP contribution in [0.4, 0.5) is 0 Å². The molecule has 0 aromatic rings. The molecule has 0 N–H and O–H groups in total. The number of carbonyl (C=O) groups excluding carboxylic acids is 1. The van der Waals surface area contributed by atoms with E-state index in [1.165, 1.54) is 116 Å². The summed E-state index contributed by atoms with van der Waals surface area (Å²) < 4.78 is 5.75. The molecule has 174 valence electrons. The Morgan fingerprint density at radius 3 is 1.52 bits per heavy atom. The molecule has 0 radical (unpaired) electrons. The van der Waals surface area contributed by atoms with Gasteiger partial charge in [-0.1, -0.05) is 130 Å². The number of hydrogen-bond acceptors (Lipinski definition) is 2. The van der Waals surface area contributed by atoms with Gasteiger partial charge in [-0.25, -0.2) is 0 Å². The molecule has 0 amide bonds. The summed E-state index contributed by atoms with van der Waals surface area (Å²) in [7, 11) is 0. The van der Waals surface area contributed by atoms with Crippen LogP contribution in [0, 0.1) is 11.8 Å². The SMILES string of the molecule is CCCCCCCCCCCC(C)C(=O)OCC(CCCCC)CCCCCC. The average molecular weight is 411 g/mol. The van der Waals surface area contributed by atoms with Crippen LogP contribution in [0.25, 0.3) is 0 Å². The lowest BCUT2D eigenvalue weighted by Gasteiger charge is -2.19. The van der Waals surface area contributed by atoms with Gasteiger partial charge >= 0.3 is 5.97 Å². The van der Waals surface area contributed by atoms with E-state index in [9.17, 15) is 4.79 Å². The summed E-state index contributed by atoms with van der Waals surface area (Å²) >= 11 is 0. The van der Waals surface area contributed by atoms with Crippen LogP contribution >= 0.6 is 0 Å². The highest BCUT2D eigenvalue weighted by atomic mass is 16.5. The van der Waals surface area contributed by atoms with Gasteiger partial charge in [-0.05, 0) is 25.2 Å². The van der Waals surface area contributed by atoms with Gasteiger partial charge in [-0.3, -0.25) is 4.79 Å². The van der Waals surface area contributed by atoms with Crippen LogP contribution in [0.1, 0.15) is 150 Å². The zero-order valence-corrected chi connectivity index (χ0v) is 20.6. The molecule has 29 heavy (non-hydrogen) atoms. The van der Waals surface area contributed by atoms with Crippen molar-refractivity contribution in [2.24, 2.45) is 11.8 Å². The topological polar surface area (TPSA) is 26.3 Å². The van der Waals surface area contributed by atoms with Crippen molar-refractivity contribution in [1.29, 1.82) is 0 Å². The summed E-state index contributed by atoms with van der Waals surface area (Å²) in [5.74, 6) is 0.678. The highest BCUT2D eigenvalue weighted by Crippen LogP contribution is 2.20. The zero-order valence-electron chi connectivity index (χ0n) is 20.6. The molecule has 0 heterocycles. The maximum Gasteiger partial charge on any atom is 0.308 e. The van der Waals surface area contributed by atoms with Crippen LogP contribution in [0.3, 0.4) is 0 Å². The first-order valence-corrected chi connectivity index (χ1v) is 13.3. The van der Waals surface area contributed by atoms with Gasteiger partial charge in [0.15, 0.2) is 0 Å². The molecule has 0 saturated heterocycles. The third-order valence-electron chi connectivity index (χ3n) is 6.29. The number of carbonyl (C=O) groups is 1. The molecule has 0 spiro atoms. The van der Waals surface area contributed by atoms with Crippen molar-refractivity contribution in [3.05, 3.63) is 0 Å². The Balaban J connectivity index is 3.87. The highest BCUT2D eigenvalue weighted by Gasteiger charge is 2.17. The first kappa shape index (κ1) is 28.5.